The lowest BCUT2D eigenvalue weighted by atomic mass is 10.1. The zero-order valence-electron chi connectivity index (χ0n) is 11.0. The van der Waals surface area contributed by atoms with Gasteiger partial charge in [0.2, 0.25) is 0 Å². The van der Waals surface area contributed by atoms with Crippen molar-refractivity contribution in [2.24, 2.45) is 0 Å². The average Bonchev–Trinajstić information content (AvgIpc) is 2.40. The topological polar surface area (TPSA) is 23.5 Å². The van der Waals surface area contributed by atoms with Crippen molar-refractivity contribution in [2.75, 3.05) is 24.6 Å². The molecule has 0 bridgehead atoms. The van der Waals surface area contributed by atoms with Crippen LogP contribution in [0.3, 0.4) is 0 Å². The molecular formula is C14H19Cl2NOS. The number of aliphatic hydroxyl groups excluding tert-OH is 1. The highest BCUT2D eigenvalue weighted by atomic mass is 35.5. The Morgan fingerprint density at radius 3 is 3.00 bits per heavy atom. The first kappa shape index (κ1) is 15.5. The third-order valence-corrected chi connectivity index (χ3v) is 5.56. The fourth-order valence-corrected chi connectivity index (χ4v) is 3.83. The Hall–Kier alpha value is 0.0700. The van der Waals surface area contributed by atoms with Crippen LogP contribution in [0, 0.1) is 0 Å². The molecule has 1 aromatic carbocycles. The Morgan fingerprint density at radius 1 is 1.47 bits per heavy atom. The predicted octanol–water partition coefficient (Wildman–Crippen LogP) is 3.85. The first-order valence-electron chi connectivity index (χ1n) is 6.53. The minimum atomic E-state index is -0.548. The van der Waals surface area contributed by atoms with Crippen LogP contribution in [0.2, 0.25) is 10.0 Å². The molecule has 5 heteroatoms. The van der Waals surface area contributed by atoms with Crippen LogP contribution < -0.4 is 0 Å². The molecule has 19 heavy (non-hydrogen) atoms. The Balaban J connectivity index is 1.93. The van der Waals surface area contributed by atoms with Crippen molar-refractivity contribution in [1.29, 1.82) is 0 Å². The Kier molecular flexibility index (Phi) is 5.85. The van der Waals surface area contributed by atoms with Gasteiger partial charge >= 0.3 is 0 Å². The number of halogens is 2. The molecule has 0 spiro atoms. The van der Waals surface area contributed by atoms with Crippen molar-refractivity contribution < 1.29 is 5.11 Å². The van der Waals surface area contributed by atoms with Gasteiger partial charge in [-0.1, -0.05) is 35.3 Å². The maximum Gasteiger partial charge on any atom is 0.0817 e. The summed E-state index contributed by atoms with van der Waals surface area (Å²) >= 11 is 14.1. The van der Waals surface area contributed by atoms with Gasteiger partial charge in [0, 0.05) is 36.2 Å². The van der Waals surface area contributed by atoms with Gasteiger partial charge in [-0.2, -0.15) is 11.8 Å². The van der Waals surface area contributed by atoms with Gasteiger partial charge in [-0.3, -0.25) is 4.90 Å². The van der Waals surface area contributed by atoms with E-state index in [1.165, 1.54) is 11.5 Å². The highest BCUT2D eigenvalue weighted by Crippen LogP contribution is 2.31. The summed E-state index contributed by atoms with van der Waals surface area (Å²) < 4.78 is 0. The number of aliphatic hydroxyl groups is 1. The number of hydrogen-bond donors (Lipinski definition) is 1. The normalized spacial score (nSPS) is 22.4. The molecule has 1 N–H and O–H groups in total. The molecule has 1 heterocycles. The molecule has 1 aliphatic rings. The van der Waals surface area contributed by atoms with Gasteiger partial charge in [-0.05, 0) is 19.4 Å². The minimum absolute atomic E-state index is 0.471. The molecule has 0 amide bonds. The quantitative estimate of drug-likeness (QED) is 0.911. The summed E-state index contributed by atoms with van der Waals surface area (Å²) in [5, 5.41) is 11.2. The molecule has 2 unspecified atom stereocenters. The van der Waals surface area contributed by atoms with Crippen LogP contribution >= 0.6 is 35.0 Å². The second-order valence-electron chi connectivity index (χ2n) is 4.91. The monoisotopic (exact) mass is 319 g/mol. The zero-order chi connectivity index (χ0) is 13.8. The van der Waals surface area contributed by atoms with E-state index >= 15 is 0 Å². The van der Waals surface area contributed by atoms with E-state index in [1.807, 2.05) is 23.9 Å². The second-order valence-corrected chi connectivity index (χ2v) is 6.84. The molecule has 2 atom stereocenters. The summed E-state index contributed by atoms with van der Waals surface area (Å²) in [6.07, 6.45) is 0.141. The van der Waals surface area contributed by atoms with E-state index in [4.69, 9.17) is 23.2 Å². The molecule has 2 rings (SSSR count). The molecule has 1 fully saturated rings. The number of rotatable bonds is 4. The van der Waals surface area contributed by atoms with Gasteiger partial charge in [0.25, 0.3) is 0 Å². The molecule has 2 nitrogen and oxygen atoms in total. The molecular weight excluding hydrogens is 301 g/mol. The van der Waals surface area contributed by atoms with Crippen molar-refractivity contribution in [3.8, 4) is 0 Å². The van der Waals surface area contributed by atoms with Gasteiger partial charge in [-0.25, -0.2) is 0 Å². The predicted molar refractivity (Wildman–Crippen MR) is 84.4 cm³/mol. The number of nitrogens with zero attached hydrogens (tertiary/aromatic N) is 1. The van der Waals surface area contributed by atoms with Crippen LogP contribution in [0.1, 0.15) is 25.0 Å². The summed E-state index contributed by atoms with van der Waals surface area (Å²) in [7, 11) is 0. The third-order valence-electron chi connectivity index (χ3n) is 3.54. The van der Waals surface area contributed by atoms with E-state index in [0.29, 0.717) is 22.5 Å². The SMILES string of the molecule is CC1CSCCN1CCC(O)c1cccc(Cl)c1Cl. The molecule has 1 aromatic rings. The lowest BCUT2D eigenvalue weighted by Gasteiger charge is -2.33. The van der Waals surface area contributed by atoms with Crippen LogP contribution in [0.5, 0.6) is 0 Å². The second kappa shape index (κ2) is 7.19. The highest BCUT2D eigenvalue weighted by molar-refractivity contribution is 7.99. The summed E-state index contributed by atoms with van der Waals surface area (Å²) in [6, 6.07) is 5.99. The largest absolute Gasteiger partial charge is 0.388 e. The van der Waals surface area contributed by atoms with Crippen molar-refractivity contribution in [2.45, 2.75) is 25.5 Å². The van der Waals surface area contributed by atoms with E-state index in [-0.39, 0.29) is 0 Å². The summed E-state index contributed by atoms with van der Waals surface area (Å²) in [6.45, 7) is 4.23. The smallest absolute Gasteiger partial charge is 0.0817 e. The number of thioether (sulfide) groups is 1. The van der Waals surface area contributed by atoms with E-state index in [9.17, 15) is 5.11 Å². The minimum Gasteiger partial charge on any atom is -0.388 e. The Labute approximate surface area is 129 Å². The highest BCUT2D eigenvalue weighted by Gasteiger charge is 2.20. The van der Waals surface area contributed by atoms with Crippen LogP contribution in [-0.4, -0.2) is 40.6 Å². The Bertz CT molecular complexity index is 430. The lowest BCUT2D eigenvalue weighted by Crippen LogP contribution is -2.41. The molecule has 0 aliphatic carbocycles. The van der Waals surface area contributed by atoms with Gasteiger partial charge in [0.1, 0.15) is 0 Å². The number of hydrogen-bond acceptors (Lipinski definition) is 3. The Morgan fingerprint density at radius 2 is 2.26 bits per heavy atom. The first-order chi connectivity index (χ1) is 9.09. The first-order valence-corrected chi connectivity index (χ1v) is 8.44. The zero-order valence-corrected chi connectivity index (χ0v) is 13.3. The van der Waals surface area contributed by atoms with E-state index in [0.717, 1.165) is 18.7 Å². The molecule has 0 aromatic heterocycles. The maximum absolute atomic E-state index is 10.3. The van der Waals surface area contributed by atoms with E-state index < -0.39 is 6.10 Å². The van der Waals surface area contributed by atoms with Crippen molar-refractivity contribution in [3.05, 3.63) is 33.8 Å². The molecule has 1 aliphatic heterocycles. The van der Waals surface area contributed by atoms with Crippen molar-refractivity contribution in [3.63, 3.8) is 0 Å². The van der Waals surface area contributed by atoms with Crippen molar-refractivity contribution in [1.82, 2.24) is 4.90 Å². The van der Waals surface area contributed by atoms with Gasteiger partial charge in [-0.15, -0.1) is 0 Å². The molecule has 0 saturated carbocycles. The van der Waals surface area contributed by atoms with E-state index in [2.05, 4.69) is 11.8 Å². The van der Waals surface area contributed by atoms with Gasteiger partial charge < -0.3 is 5.11 Å². The van der Waals surface area contributed by atoms with Crippen molar-refractivity contribution >= 4 is 35.0 Å². The summed E-state index contributed by atoms with van der Waals surface area (Å²) in [5.41, 5.74) is 0.730. The summed E-state index contributed by atoms with van der Waals surface area (Å²) in [4.78, 5) is 2.43. The lowest BCUT2D eigenvalue weighted by molar-refractivity contribution is 0.133. The molecule has 0 radical (unpaired) electrons. The van der Waals surface area contributed by atoms with Gasteiger partial charge in [0.15, 0.2) is 0 Å². The maximum atomic E-state index is 10.3. The fourth-order valence-electron chi connectivity index (χ4n) is 2.32. The van der Waals surface area contributed by atoms with Crippen LogP contribution in [0.4, 0.5) is 0 Å². The van der Waals surface area contributed by atoms with Crippen LogP contribution in [0.15, 0.2) is 18.2 Å². The standard InChI is InChI=1S/C14H19Cl2NOS/c1-10-9-19-8-7-17(10)6-5-13(18)11-3-2-4-12(15)14(11)16/h2-4,10,13,18H,5-9H2,1H3. The number of benzene rings is 1. The van der Waals surface area contributed by atoms with Crippen LogP contribution in [-0.2, 0) is 0 Å². The molecule has 106 valence electrons. The van der Waals surface area contributed by atoms with Gasteiger partial charge in [0.05, 0.1) is 16.1 Å². The third kappa shape index (κ3) is 4.02. The summed E-state index contributed by atoms with van der Waals surface area (Å²) in [5.74, 6) is 2.35. The van der Waals surface area contributed by atoms with E-state index in [1.54, 1.807) is 6.07 Å². The van der Waals surface area contributed by atoms with Crippen LogP contribution in [0.25, 0.3) is 0 Å². The molecule has 1 saturated heterocycles. The average molecular weight is 320 g/mol. The fraction of sp³-hybridized carbons (Fsp3) is 0.571.